The first-order valence-corrected chi connectivity index (χ1v) is 7.04. The van der Waals surface area contributed by atoms with Crippen molar-refractivity contribution in [2.75, 3.05) is 31.1 Å². The SMILES string of the molecule is Fc1ccc(F)c(N2CCN(Cc3ccccn3)CC2)c1. The number of pyridine rings is 1. The summed E-state index contributed by atoms with van der Waals surface area (Å²) < 4.78 is 27.0. The van der Waals surface area contributed by atoms with E-state index in [9.17, 15) is 8.78 Å². The maximum absolute atomic E-state index is 13.8. The third-order valence-corrected chi connectivity index (χ3v) is 3.73. The largest absolute Gasteiger partial charge is 0.367 e. The highest BCUT2D eigenvalue weighted by Gasteiger charge is 2.20. The van der Waals surface area contributed by atoms with E-state index >= 15 is 0 Å². The number of nitrogens with zero attached hydrogens (tertiary/aromatic N) is 3. The lowest BCUT2D eigenvalue weighted by atomic mass is 10.2. The molecule has 1 aromatic carbocycles. The van der Waals surface area contributed by atoms with Gasteiger partial charge < -0.3 is 4.90 Å². The highest BCUT2D eigenvalue weighted by molar-refractivity contribution is 5.48. The van der Waals surface area contributed by atoms with Crippen LogP contribution in [0.3, 0.4) is 0 Å². The van der Waals surface area contributed by atoms with Gasteiger partial charge in [0.05, 0.1) is 11.4 Å². The van der Waals surface area contributed by atoms with E-state index in [-0.39, 0.29) is 5.82 Å². The molecule has 1 fully saturated rings. The van der Waals surface area contributed by atoms with Gasteiger partial charge in [-0.25, -0.2) is 8.78 Å². The molecule has 1 aromatic heterocycles. The Labute approximate surface area is 122 Å². The van der Waals surface area contributed by atoms with Gasteiger partial charge in [0, 0.05) is 45.0 Å². The van der Waals surface area contributed by atoms with E-state index in [2.05, 4.69) is 9.88 Å². The minimum Gasteiger partial charge on any atom is -0.367 e. The topological polar surface area (TPSA) is 19.4 Å². The molecule has 5 heteroatoms. The molecule has 0 radical (unpaired) electrons. The van der Waals surface area contributed by atoms with Crippen LogP contribution in [-0.4, -0.2) is 36.1 Å². The van der Waals surface area contributed by atoms with Gasteiger partial charge in [-0.15, -0.1) is 0 Å². The first-order chi connectivity index (χ1) is 10.2. The van der Waals surface area contributed by atoms with Gasteiger partial charge in [-0.3, -0.25) is 9.88 Å². The number of piperazine rings is 1. The number of anilines is 1. The number of rotatable bonds is 3. The normalized spacial score (nSPS) is 16.2. The molecule has 3 nitrogen and oxygen atoms in total. The standard InChI is InChI=1S/C16H17F2N3/c17-13-4-5-15(18)16(11-13)21-9-7-20(8-10-21)12-14-3-1-2-6-19-14/h1-6,11H,7-10,12H2. The molecule has 3 rings (SSSR count). The summed E-state index contributed by atoms with van der Waals surface area (Å²) in [6.45, 7) is 3.79. The maximum atomic E-state index is 13.8. The Balaban J connectivity index is 1.61. The average Bonchev–Trinajstić information content (AvgIpc) is 2.52. The van der Waals surface area contributed by atoms with E-state index in [4.69, 9.17) is 0 Å². The van der Waals surface area contributed by atoms with E-state index in [1.54, 1.807) is 6.20 Å². The molecular weight excluding hydrogens is 272 g/mol. The zero-order valence-electron chi connectivity index (χ0n) is 11.7. The van der Waals surface area contributed by atoms with Gasteiger partial charge in [0.15, 0.2) is 0 Å². The molecule has 1 aliphatic heterocycles. The molecule has 0 atom stereocenters. The lowest BCUT2D eigenvalue weighted by Gasteiger charge is -2.36. The van der Waals surface area contributed by atoms with E-state index in [0.29, 0.717) is 18.8 Å². The van der Waals surface area contributed by atoms with Crippen LogP contribution in [-0.2, 0) is 6.54 Å². The first-order valence-electron chi connectivity index (χ1n) is 7.04. The van der Waals surface area contributed by atoms with Gasteiger partial charge in [-0.2, -0.15) is 0 Å². The van der Waals surface area contributed by atoms with E-state index in [1.807, 2.05) is 23.1 Å². The highest BCUT2D eigenvalue weighted by atomic mass is 19.1. The number of halogens is 2. The highest BCUT2D eigenvalue weighted by Crippen LogP contribution is 2.22. The monoisotopic (exact) mass is 289 g/mol. The predicted octanol–water partition coefficient (Wildman–Crippen LogP) is 2.68. The molecular formula is C16H17F2N3. The molecule has 21 heavy (non-hydrogen) atoms. The number of aromatic nitrogens is 1. The summed E-state index contributed by atoms with van der Waals surface area (Å²) in [7, 11) is 0. The fraction of sp³-hybridized carbons (Fsp3) is 0.312. The van der Waals surface area contributed by atoms with E-state index < -0.39 is 5.82 Å². The quantitative estimate of drug-likeness (QED) is 0.866. The number of hydrogen-bond donors (Lipinski definition) is 0. The van der Waals surface area contributed by atoms with Crippen LogP contribution in [0.5, 0.6) is 0 Å². The summed E-state index contributed by atoms with van der Waals surface area (Å²) in [4.78, 5) is 8.48. The Morgan fingerprint density at radius 3 is 2.52 bits per heavy atom. The van der Waals surface area contributed by atoms with Crippen LogP contribution >= 0.6 is 0 Å². The van der Waals surface area contributed by atoms with Crippen LogP contribution in [0.4, 0.5) is 14.5 Å². The van der Waals surface area contributed by atoms with Gasteiger partial charge >= 0.3 is 0 Å². The van der Waals surface area contributed by atoms with Crippen molar-refractivity contribution in [1.82, 2.24) is 9.88 Å². The molecule has 110 valence electrons. The van der Waals surface area contributed by atoms with Gasteiger partial charge in [0.2, 0.25) is 0 Å². The minimum absolute atomic E-state index is 0.354. The third-order valence-electron chi connectivity index (χ3n) is 3.73. The predicted molar refractivity (Wildman–Crippen MR) is 78.1 cm³/mol. The molecule has 0 N–H and O–H groups in total. The van der Waals surface area contributed by atoms with Crippen molar-refractivity contribution in [1.29, 1.82) is 0 Å². The van der Waals surface area contributed by atoms with Crippen LogP contribution in [0.15, 0.2) is 42.6 Å². The van der Waals surface area contributed by atoms with Crippen LogP contribution in [0.2, 0.25) is 0 Å². The Morgan fingerprint density at radius 2 is 1.81 bits per heavy atom. The zero-order valence-corrected chi connectivity index (χ0v) is 11.7. The summed E-state index contributed by atoms with van der Waals surface area (Å²) in [5, 5.41) is 0. The molecule has 0 aliphatic carbocycles. The van der Waals surface area contributed by atoms with Crippen molar-refractivity contribution in [3.63, 3.8) is 0 Å². The van der Waals surface area contributed by atoms with Gasteiger partial charge in [-0.1, -0.05) is 6.07 Å². The second kappa shape index (κ2) is 6.18. The van der Waals surface area contributed by atoms with Gasteiger partial charge in [-0.05, 0) is 24.3 Å². The Bertz CT molecular complexity index is 596. The molecule has 1 aliphatic rings. The molecule has 0 spiro atoms. The minimum atomic E-state index is -0.401. The first kappa shape index (κ1) is 13.9. The summed E-state index contributed by atoms with van der Waals surface area (Å²) in [6, 6.07) is 9.47. The second-order valence-corrected chi connectivity index (χ2v) is 5.18. The number of benzene rings is 1. The van der Waals surface area contributed by atoms with Crippen molar-refractivity contribution >= 4 is 5.69 Å². The molecule has 0 bridgehead atoms. The smallest absolute Gasteiger partial charge is 0.146 e. The van der Waals surface area contributed by atoms with Crippen molar-refractivity contribution in [2.45, 2.75) is 6.54 Å². The summed E-state index contributed by atoms with van der Waals surface area (Å²) in [5.74, 6) is -0.767. The average molecular weight is 289 g/mol. The zero-order chi connectivity index (χ0) is 14.7. The summed E-state index contributed by atoms with van der Waals surface area (Å²) in [6.07, 6.45) is 1.79. The van der Waals surface area contributed by atoms with Crippen molar-refractivity contribution in [3.05, 3.63) is 59.9 Å². The third kappa shape index (κ3) is 3.36. The lowest BCUT2D eigenvalue weighted by molar-refractivity contribution is 0.246. The van der Waals surface area contributed by atoms with Crippen molar-refractivity contribution in [3.8, 4) is 0 Å². The molecule has 0 saturated carbocycles. The molecule has 1 saturated heterocycles. The Morgan fingerprint density at radius 1 is 1.00 bits per heavy atom. The van der Waals surface area contributed by atoms with Crippen molar-refractivity contribution in [2.24, 2.45) is 0 Å². The Kier molecular flexibility index (Phi) is 4.10. The molecule has 0 amide bonds. The molecule has 2 heterocycles. The Hall–Kier alpha value is -2.01. The van der Waals surface area contributed by atoms with Crippen LogP contribution in [0, 0.1) is 11.6 Å². The fourth-order valence-corrected chi connectivity index (χ4v) is 2.60. The molecule has 0 unspecified atom stereocenters. The van der Waals surface area contributed by atoms with Gasteiger partial charge in [0.25, 0.3) is 0 Å². The summed E-state index contributed by atoms with van der Waals surface area (Å²) in [5.41, 5.74) is 1.38. The van der Waals surface area contributed by atoms with Crippen LogP contribution in [0.25, 0.3) is 0 Å². The van der Waals surface area contributed by atoms with E-state index in [1.165, 1.54) is 12.1 Å². The second-order valence-electron chi connectivity index (χ2n) is 5.18. The lowest BCUT2D eigenvalue weighted by Crippen LogP contribution is -2.46. The fourth-order valence-electron chi connectivity index (χ4n) is 2.60. The van der Waals surface area contributed by atoms with E-state index in [0.717, 1.165) is 31.4 Å². The van der Waals surface area contributed by atoms with Crippen LogP contribution in [0.1, 0.15) is 5.69 Å². The van der Waals surface area contributed by atoms with Gasteiger partial charge in [0.1, 0.15) is 11.6 Å². The molecule has 2 aromatic rings. The maximum Gasteiger partial charge on any atom is 0.146 e. The summed E-state index contributed by atoms with van der Waals surface area (Å²) >= 11 is 0. The van der Waals surface area contributed by atoms with Crippen LogP contribution < -0.4 is 4.90 Å². The van der Waals surface area contributed by atoms with Crippen molar-refractivity contribution < 1.29 is 8.78 Å². The number of hydrogen-bond acceptors (Lipinski definition) is 3.